The van der Waals surface area contributed by atoms with Gasteiger partial charge in [0.2, 0.25) is 0 Å². The molecule has 0 radical (unpaired) electrons. The van der Waals surface area contributed by atoms with Crippen LogP contribution < -0.4 is 11.2 Å². The predicted octanol–water partition coefficient (Wildman–Crippen LogP) is 2.33. The van der Waals surface area contributed by atoms with E-state index in [0.717, 1.165) is 11.0 Å². The number of H-pyrrole nitrogens is 1. The summed E-state index contributed by atoms with van der Waals surface area (Å²) in [5.41, 5.74) is 0.105. The highest BCUT2D eigenvalue weighted by atomic mass is 35.5. The number of aromatic amines is 1. The van der Waals surface area contributed by atoms with Gasteiger partial charge in [-0.15, -0.1) is 0 Å². The summed E-state index contributed by atoms with van der Waals surface area (Å²) < 4.78 is 13.9. The Balaban J connectivity index is 2.46. The Morgan fingerprint density at radius 3 is 2.50 bits per heavy atom. The summed E-state index contributed by atoms with van der Waals surface area (Å²) in [5, 5.41) is 0.0946. The molecule has 2 aromatic rings. The molecule has 1 heterocycles. The lowest BCUT2D eigenvalue weighted by Crippen LogP contribution is -2.37. The number of nitrogens with one attached hydrogen (secondary N) is 1. The molecule has 0 saturated heterocycles. The van der Waals surface area contributed by atoms with Gasteiger partial charge in [0.1, 0.15) is 11.0 Å². The van der Waals surface area contributed by atoms with Crippen molar-refractivity contribution in [2.45, 2.75) is 26.3 Å². The molecule has 0 amide bonds. The second-order valence-electron chi connectivity index (χ2n) is 4.49. The molecule has 1 aromatic heterocycles. The van der Waals surface area contributed by atoms with Crippen molar-refractivity contribution in [1.82, 2.24) is 9.55 Å². The van der Waals surface area contributed by atoms with E-state index in [2.05, 4.69) is 4.98 Å². The molecule has 106 valence electrons. The maximum absolute atomic E-state index is 12.8. The fourth-order valence-electron chi connectivity index (χ4n) is 1.97. The van der Waals surface area contributed by atoms with Crippen LogP contribution in [0, 0.1) is 5.82 Å². The third-order valence-corrected chi connectivity index (χ3v) is 3.31. The molecule has 0 fully saturated rings. The smallest absolute Gasteiger partial charge is 0.297 e. The number of rotatable bonds is 4. The molecule has 0 aliphatic rings. The maximum Gasteiger partial charge on any atom is 0.329 e. The zero-order chi connectivity index (χ0) is 14.7. The molecule has 0 bridgehead atoms. The second kappa shape index (κ2) is 6.05. The van der Waals surface area contributed by atoms with Crippen LogP contribution in [-0.4, -0.2) is 9.55 Å². The number of hydrogen-bond donors (Lipinski definition) is 1. The molecule has 0 spiro atoms. The van der Waals surface area contributed by atoms with Crippen molar-refractivity contribution in [3.63, 3.8) is 0 Å². The predicted molar refractivity (Wildman–Crippen MR) is 75.8 cm³/mol. The lowest BCUT2D eigenvalue weighted by molar-refractivity contribution is 0.624. The van der Waals surface area contributed by atoms with E-state index < -0.39 is 11.2 Å². The van der Waals surface area contributed by atoms with Crippen LogP contribution in [0.3, 0.4) is 0 Å². The van der Waals surface area contributed by atoms with E-state index in [1.807, 2.05) is 6.92 Å². The van der Waals surface area contributed by atoms with Crippen LogP contribution in [0.15, 0.2) is 33.9 Å². The standard InChI is InChI=1S/C14H14ClFN2O2/c1-2-3-11-12(15)17-14(20)18(13(11)19)8-9-4-6-10(16)7-5-9/h4-7H,2-3,8H2,1H3,(H,17,20). The molecule has 0 saturated carbocycles. The van der Waals surface area contributed by atoms with Crippen molar-refractivity contribution in [3.8, 4) is 0 Å². The van der Waals surface area contributed by atoms with Gasteiger partial charge in [-0.25, -0.2) is 9.18 Å². The first-order valence-corrected chi connectivity index (χ1v) is 6.66. The summed E-state index contributed by atoms with van der Waals surface area (Å²) in [6, 6.07) is 5.65. The van der Waals surface area contributed by atoms with Gasteiger partial charge in [-0.1, -0.05) is 37.1 Å². The lowest BCUT2D eigenvalue weighted by atomic mass is 10.2. The van der Waals surface area contributed by atoms with Crippen LogP contribution in [0.2, 0.25) is 5.15 Å². The average molecular weight is 297 g/mol. The molecule has 0 atom stereocenters. The quantitative estimate of drug-likeness (QED) is 0.881. The van der Waals surface area contributed by atoms with Gasteiger partial charge >= 0.3 is 5.69 Å². The second-order valence-corrected chi connectivity index (χ2v) is 4.87. The maximum atomic E-state index is 12.8. The monoisotopic (exact) mass is 296 g/mol. The van der Waals surface area contributed by atoms with E-state index >= 15 is 0 Å². The molecular formula is C14H14ClFN2O2. The zero-order valence-electron chi connectivity index (χ0n) is 11.0. The Kier molecular flexibility index (Phi) is 4.39. The minimum atomic E-state index is -0.566. The molecule has 6 heteroatoms. The Bertz CT molecular complexity index is 719. The fraction of sp³-hybridized carbons (Fsp3) is 0.286. The Labute approximate surface area is 119 Å². The SMILES string of the molecule is CCCc1c(Cl)[nH]c(=O)n(Cc2ccc(F)cc2)c1=O. The molecule has 2 rings (SSSR count). The molecule has 1 N–H and O–H groups in total. The first-order chi connectivity index (χ1) is 9.52. The minimum absolute atomic E-state index is 0.0856. The van der Waals surface area contributed by atoms with Gasteiger partial charge in [0.25, 0.3) is 5.56 Å². The Hall–Kier alpha value is -1.88. The first-order valence-electron chi connectivity index (χ1n) is 6.29. The summed E-state index contributed by atoms with van der Waals surface area (Å²) >= 11 is 5.89. The highest BCUT2D eigenvalue weighted by Crippen LogP contribution is 2.09. The normalized spacial score (nSPS) is 10.8. The number of halogens is 2. The first kappa shape index (κ1) is 14.5. The van der Waals surface area contributed by atoms with Gasteiger partial charge in [0, 0.05) is 0 Å². The summed E-state index contributed by atoms with van der Waals surface area (Å²) in [4.78, 5) is 26.6. The van der Waals surface area contributed by atoms with Crippen LogP contribution in [0.5, 0.6) is 0 Å². The topological polar surface area (TPSA) is 54.9 Å². The van der Waals surface area contributed by atoms with Crippen molar-refractivity contribution >= 4 is 11.6 Å². The van der Waals surface area contributed by atoms with E-state index in [0.29, 0.717) is 17.5 Å². The van der Waals surface area contributed by atoms with Gasteiger partial charge < -0.3 is 0 Å². The van der Waals surface area contributed by atoms with E-state index in [1.165, 1.54) is 24.3 Å². The van der Waals surface area contributed by atoms with Gasteiger partial charge in [0.15, 0.2) is 0 Å². The number of nitrogens with zero attached hydrogens (tertiary/aromatic N) is 1. The summed E-state index contributed by atoms with van der Waals surface area (Å²) in [6.07, 6.45) is 1.25. The van der Waals surface area contributed by atoms with Gasteiger partial charge in [-0.05, 0) is 24.1 Å². The van der Waals surface area contributed by atoms with Gasteiger partial charge in [-0.2, -0.15) is 0 Å². The van der Waals surface area contributed by atoms with Crippen molar-refractivity contribution in [2.24, 2.45) is 0 Å². The molecule has 0 unspecified atom stereocenters. The van der Waals surface area contributed by atoms with E-state index in [1.54, 1.807) is 0 Å². The molecule has 4 nitrogen and oxygen atoms in total. The number of aromatic nitrogens is 2. The van der Waals surface area contributed by atoms with Crippen molar-refractivity contribution < 1.29 is 4.39 Å². The van der Waals surface area contributed by atoms with Crippen molar-refractivity contribution in [1.29, 1.82) is 0 Å². The highest BCUT2D eigenvalue weighted by molar-refractivity contribution is 6.30. The Morgan fingerprint density at radius 1 is 1.25 bits per heavy atom. The van der Waals surface area contributed by atoms with Gasteiger partial charge in [0.05, 0.1) is 12.1 Å². The molecule has 0 aliphatic carbocycles. The molecular weight excluding hydrogens is 283 g/mol. The van der Waals surface area contributed by atoms with Crippen molar-refractivity contribution in [2.75, 3.05) is 0 Å². The van der Waals surface area contributed by atoms with Crippen LogP contribution in [0.4, 0.5) is 4.39 Å². The van der Waals surface area contributed by atoms with Crippen LogP contribution in [0.25, 0.3) is 0 Å². The average Bonchev–Trinajstić information content (AvgIpc) is 2.41. The summed E-state index contributed by atoms with van der Waals surface area (Å²) in [6.45, 7) is 2.01. The molecule has 0 aliphatic heterocycles. The summed E-state index contributed by atoms with van der Waals surface area (Å²) in [7, 11) is 0. The van der Waals surface area contributed by atoms with Crippen LogP contribution in [0.1, 0.15) is 24.5 Å². The van der Waals surface area contributed by atoms with Crippen LogP contribution >= 0.6 is 11.6 Å². The largest absolute Gasteiger partial charge is 0.329 e. The molecule has 1 aromatic carbocycles. The Morgan fingerprint density at radius 2 is 1.90 bits per heavy atom. The third kappa shape index (κ3) is 2.99. The lowest BCUT2D eigenvalue weighted by Gasteiger charge is -2.08. The number of benzene rings is 1. The van der Waals surface area contributed by atoms with E-state index in [-0.39, 0.29) is 17.5 Å². The summed E-state index contributed by atoms with van der Waals surface area (Å²) in [5.74, 6) is -0.363. The molecule has 20 heavy (non-hydrogen) atoms. The van der Waals surface area contributed by atoms with E-state index in [4.69, 9.17) is 11.6 Å². The van der Waals surface area contributed by atoms with E-state index in [9.17, 15) is 14.0 Å². The number of hydrogen-bond acceptors (Lipinski definition) is 2. The zero-order valence-corrected chi connectivity index (χ0v) is 11.7. The fourth-order valence-corrected chi connectivity index (χ4v) is 2.22. The van der Waals surface area contributed by atoms with Gasteiger partial charge in [-0.3, -0.25) is 14.3 Å². The minimum Gasteiger partial charge on any atom is -0.297 e. The van der Waals surface area contributed by atoms with Crippen molar-refractivity contribution in [3.05, 3.63) is 67.2 Å². The van der Waals surface area contributed by atoms with Crippen LogP contribution in [-0.2, 0) is 13.0 Å². The third-order valence-electron chi connectivity index (χ3n) is 2.98. The highest BCUT2D eigenvalue weighted by Gasteiger charge is 2.12.